The van der Waals surface area contributed by atoms with Crippen LogP contribution in [0.25, 0.3) is 11.0 Å². The average Bonchev–Trinajstić information content (AvgIpc) is 2.83. The van der Waals surface area contributed by atoms with Crippen LogP contribution in [0.2, 0.25) is 0 Å². The Morgan fingerprint density at radius 3 is 3.05 bits per heavy atom. The number of hydrogen-bond donors (Lipinski definition) is 2. The molecular formula is C14H19N3O2. The van der Waals surface area contributed by atoms with Crippen molar-refractivity contribution in [2.45, 2.75) is 19.9 Å². The molecule has 5 nitrogen and oxygen atoms in total. The molecule has 0 saturated heterocycles. The summed E-state index contributed by atoms with van der Waals surface area (Å²) in [4.78, 5) is 20.2. The Labute approximate surface area is 112 Å². The van der Waals surface area contributed by atoms with Gasteiger partial charge in [0.15, 0.2) is 0 Å². The molecule has 0 amide bonds. The Hall–Kier alpha value is -1.88. The molecule has 102 valence electrons. The summed E-state index contributed by atoms with van der Waals surface area (Å²) < 4.78 is 0. The molecule has 2 rings (SSSR count). The van der Waals surface area contributed by atoms with Crippen LogP contribution < -0.4 is 0 Å². The number of benzene rings is 1. The minimum Gasteiger partial charge on any atom is -0.481 e. The molecule has 0 spiro atoms. The molecule has 0 aliphatic rings. The molecule has 19 heavy (non-hydrogen) atoms. The van der Waals surface area contributed by atoms with Crippen LogP contribution in [0.4, 0.5) is 0 Å². The van der Waals surface area contributed by atoms with Gasteiger partial charge in [-0.1, -0.05) is 13.0 Å². The van der Waals surface area contributed by atoms with Gasteiger partial charge in [0, 0.05) is 6.54 Å². The number of fused-ring (bicyclic) bond motifs is 1. The van der Waals surface area contributed by atoms with E-state index >= 15 is 0 Å². The maximum Gasteiger partial charge on any atom is 0.306 e. The van der Waals surface area contributed by atoms with Crippen molar-refractivity contribution in [2.75, 3.05) is 13.6 Å². The molecule has 0 aliphatic heterocycles. The number of rotatable bonds is 6. The number of carbonyl (C=O) groups is 1. The number of imidazole rings is 1. The topological polar surface area (TPSA) is 69.2 Å². The van der Waals surface area contributed by atoms with Gasteiger partial charge in [-0.05, 0) is 37.7 Å². The molecule has 0 fully saturated rings. The monoisotopic (exact) mass is 261 g/mol. The van der Waals surface area contributed by atoms with Crippen LogP contribution in [0, 0.1) is 5.92 Å². The summed E-state index contributed by atoms with van der Waals surface area (Å²) >= 11 is 0. The van der Waals surface area contributed by atoms with Gasteiger partial charge in [-0.25, -0.2) is 4.98 Å². The predicted octanol–water partition coefficient (Wildman–Crippen LogP) is 2.11. The van der Waals surface area contributed by atoms with Gasteiger partial charge in [0.2, 0.25) is 0 Å². The zero-order valence-corrected chi connectivity index (χ0v) is 11.3. The Kier molecular flexibility index (Phi) is 4.16. The van der Waals surface area contributed by atoms with Crippen LogP contribution in [0.1, 0.15) is 18.9 Å². The fourth-order valence-electron chi connectivity index (χ4n) is 2.01. The lowest BCUT2D eigenvalue weighted by molar-refractivity contribution is -0.141. The fourth-order valence-corrected chi connectivity index (χ4v) is 2.01. The molecule has 5 heteroatoms. The van der Waals surface area contributed by atoms with E-state index in [1.165, 1.54) is 5.56 Å². The number of carboxylic acids is 1. The summed E-state index contributed by atoms with van der Waals surface area (Å²) in [7, 11) is 2.01. The van der Waals surface area contributed by atoms with Crippen molar-refractivity contribution in [3.05, 3.63) is 30.1 Å². The molecule has 1 atom stereocenters. The van der Waals surface area contributed by atoms with Crippen molar-refractivity contribution in [1.29, 1.82) is 0 Å². The molecule has 0 aliphatic carbocycles. The lowest BCUT2D eigenvalue weighted by atomic mass is 10.1. The summed E-state index contributed by atoms with van der Waals surface area (Å²) in [6.45, 7) is 3.32. The Morgan fingerprint density at radius 1 is 1.53 bits per heavy atom. The van der Waals surface area contributed by atoms with Crippen LogP contribution in [0.3, 0.4) is 0 Å². The minimum absolute atomic E-state index is 0.294. The summed E-state index contributed by atoms with van der Waals surface area (Å²) in [6.07, 6.45) is 2.35. The number of H-pyrrole nitrogens is 1. The standard InChI is InChI=1S/C14H19N3O2/c1-10(14(18)19)5-6-17(2)8-11-3-4-12-13(7-11)16-9-15-12/h3-4,7,9-10H,5-6,8H2,1-2H3,(H,15,16)(H,18,19). The SMILES string of the molecule is CC(CCN(C)Cc1ccc2nc[nH]c2c1)C(=O)O. The molecule has 0 radical (unpaired) electrons. The van der Waals surface area contributed by atoms with E-state index in [2.05, 4.69) is 27.0 Å². The van der Waals surface area contributed by atoms with Gasteiger partial charge in [0.25, 0.3) is 0 Å². The Morgan fingerprint density at radius 2 is 2.32 bits per heavy atom. The highest BCUT2D eigenvalue weighted by atomic mass is 16.4. The lowest BCUT2D eigenvalue weighted by Gasteiger charge is -2.17. The normalized spacial score (nSPS) is 13.0. The highest BCUT2D eigenvalue weighted by Crippen LogP contribution is 2.13. The van der Waals surface area contributed by atoms with Gasteiger partial charge in [-0.3, -0.25) is 4.79 Å². The largest absolute Gasteiger partial charge is 0.481 e. The summed E-state index contributed by atoms with van der Waals surface area (Å²) in [5, 5.41) is 8.85. The van der Waals surface area contributed by atoms with E-state index in [4.69, 9.17) is 5.11 Å². The number of nitrogens with zero attached hydrogens (tertiary/aromatic N) is 2. The number of aromatic amines is 1. The number of hydrogen-bond acceptors (Lipinski definition) is 3. The van der Waals surface area contributed by atoms with E-state index in [1.807, 2.05) is 13.1 Å². The van der Waals surface area contributed by atoms with Crippen LogP contribution in [0.5, 0.6) is 0 Å². The zero-order valence-electron chi connectivity index (χ0n) is 11.3. The van der Waals surface area contributed by atoms with Crippen molar-refractivity contribution >= 4 is 17.0 Å². The van der Waals surface area contributed by atoms with Gasteiger partial charge < -0.3 is 15.0 Å². The third-order valence-corrected chi connectivity index (χ3v) is 3.30. The van der Waals surface area contributed by atoms with E-state index < -0.39 is 5.97 Å². The maximum absolute atomic E-state index is 10.8. The van der Waals surface area contributed by atoms with E-state index in [9.17, 15) is 4.79 Å². The molecule has 0 saturated carbocycles. The number of aliphatic carboxylic acids is 1. The third kappa shape index (κ3) is 3.54. The Balaban J connectivity index is 1.90. The predicted molar refractivity (Wildman–Crippen MR) is 73.8 cm³/mol. The lowest BCUT2D eigenvalue weighted by Crippen LogP contribution is -2.23. The minimum atomic E-state index is -0.729. The van der Waals surface area contributed by atoms with E-state index in [-0.39, 0.29) is 5.92 Å². The molecule has 2 aromatic rings. The van der Waals surface area contributed by atoms with Crippen molar-refractivity contribution in [1.82, 2.24) is 14.9 Å². The summed E-state index contributed by atoms with van der Waals surface area (Å²) in [6, 6.07) is 6.13. The molecular weight excluding hydrogens is 242 g/mol. The molecule has 1 heterocycles. The molecule has 0 bridgehead atoms. The third-order valence-electron chi connectivity index (χ3n) is 3.30. The first-order valence-electron chi connectivity index (χ1n) is 6.39. The Bertz CT molecular complexity index is 565. The van der Waals surface area contributed by atoms with Crippen molar-refractivity contribution < 1.29 is 9.90 Å². The molecule has 1 unspecified atom stereocenters. The van der Waals surface area contributed by atoms with Crippen LogP contribution in [-0.4, -0.2) is 39.5 Å². The second kappa shape index (κ2) is 5.84. The van der Waals surface area contributed by atoms with Crippen molar-refractivity contribution in [2.24, 2.45) is 5.92 Å². The van der Waals surface area contributed by atoms with Gasteiger partial charge in [-0.2, -0.15) is 0 Å². The summed E-state index contributed by atoms with van der Waals surface area (Å²) in [5.74, 6) is -1.02. The number of aromatic nitrogens is 2. The average molecular weight is 261 g/mol. The highest BCUT2D eigenvalue weighted by Gasteiger charge is 2.11. The highest BCUT2D eigenvalue weighted by molar-refractivity contribution is 5.75. The maximum atomic E-state index is 10.8. The van der Waals surface area contributed by atoms with Crippen LogP contribution in [0.15, 0.2) is 24.5 Å². The van der Waals surface area contributed by atoms with Crippen molar-refractivity contribution in [3.8, 4) is 0 Å². The smallest absolute Gasteiger partial charge is 0.306 e. The van der Waals surface area contributed by atoms with Crippen molar-refractivity contribution in [3.63, 3.8) is 0 Å². The van der Waals surface area contributed by atoms with E-state index in [1.54, 1.807) is 13.3 Å². The number of nitrogens with one attached hydrogen (secondary N) is 1. The second-order valence-corrected chi connectivity index (χ2v) is 5.02. The first-order valence-corrected chi connectivity index (χ1v) is 6.39. The summed E-state index contributed by atoms with van der Waals surface area (Å²) in [5.41, 5.74) is 3.19. The van der Waals surface area contributed by atoms with Gasteiger partial charge >= 0.3 is 5.97 Å². The quantitative estimate of drug-likeness (QED) is 0.835. The zero-order chi connectivity index (χ0) is 13.8. The first kappa shape index (κ1) is 13.5. The van der Waals surface area contributed by atoms with E-state index in [0.29, 0.717) is 6.42 Å². The molecule has 1 aromatic heterocycles. The second-order valence-electron chi connectivity index (χ2n) is 5.02. The molecule has 1 aromatic carbocycles. The van der Waals surface area contributed by atoms with Crippen LogP contribution in [-0.2, 0) is 11.3 Å². The number of carboxylic acid groups (broad SMARTS) is 1. The van der Waals surface area contributed by atoms with Gasteiger partial charge in [0.05, 0.1) is 23.3 Å². The van der Waals surface area contributed by atoms with Crippen LogP contribution >= 0.6 is 0 Å². The van der Waals surface area contributed by atoms with E-state index in [0.717, 1.165) is 24.1 Å². The molecule has 2 N–H and O–H groups in total. The fraction of sp³-hybridized carbons (Fsp3) is 0.429. The van der Waals surface area contributed by atoms with Gasteiger partial charge in [-0.15, -0.1) is 0 Å². The van der Waals surface area contributed by atoms with Gasteiger partial charge in [0.1, 0.15) is 0 Å². The first-order chi connectivity index (χ1) is 9.06.